The molecule has 1 aromatic carbocycles. The number of carbonyl (C=O) groups excluding carboxylic acids is 1. The number of aliphatic hydroxyl groups is 1. The molecular formula is C12H17NO4S. The summed E-state index contributed by atoms with van der Waals surface area (Å²) >= 11 is 0. The maximum absolute atomic E-state index is 11.5. The molecule has 18 heavy (non-hydrogen) atoms. The number of carbonyl (C=O) groups is 1. The molecular weight excluding hydrogens is 254 g/mol. The second-order valence-corrected chi connectivity index (χ2v) is 6.25. The van der Waals surface area contributed by atoms with E-state index in [9.17, 15) is 13.2 Å². The van der Waals surface area contributed by atoms with Crippen molar-refractivity contribution in [1.82, 2.24) is 0 Å². The third-order valence-electron chi connectivity index (χ3n) is 2.36. The van der Waals surface area contributed by atoms with Crippen LogP contribution in [-0.2, 0) is 14.6 Å². The van der Waals surface area contributed by atoms with Gasteiger partial charge in [0, 0.05) is 18.4 Å². The number of hydrogen-bond acceptors (Lipinski definition) is 4. The summed E-state index contributed by atoms with van der Waals surface area (Å²) in [5.74, 6) is -0.206. The second-order valence-electron chi connectivity index (χ2n) is 4.23. The molecule has 0 aliphatic carbocycles. The van der Waals surface area contributed by atoms with Crippen molar-refractivity contribution in [2.24, 2.45) is 0 Å². The number of anilines is 1. The van der Waals surface area contributed by atoms with Crippen molar-refractivity contribution in [2.45, 2.75) is 30.8 Å². The first-order valence-electron chi connectivity index (χ1n) is 5.57. The van der Waals surface area contributed by atoms with Crippen LogP contribution in [0.1, 0.15) is 19.8 Å². The van der Waals surface area contributed by atoms with E-state index in [1.807, 2.05) is 0 Å². The molecule has 2 N–H and O–H groups in total. The lowest BCUT2D eigenvalue weighted by Gasteiger charge is -2.07. The third-order valence-corrected chi connectivity index (χ3v) is 3.48. The van der Waals surface area contributed by atoms with Gasteiger partial charge in [-0.25, -0.2) is 8.42 Å². The quantitative estimate of drug-likeness (QED) is 0.842. The van der Waals surface area contributed by atoms with Crippen LogP contribution in [0.25, 0.3) is 0 Å². The second kappa shape index (κ2) is 5.97. The molecule has 0 heterocycles. The molecule has 0 fully saturated rings. The van der Waals surface area contributed by atoms with Crippen LogP contribution in [-0.4, -0.2) is 31.8 Å². The number of sulfone groups is 1. The molecule has 1 unspecified atom stereocenters. The van der Waals surface area contributed by atoms with Gasteiger partial charge in [-0.15, -0.1) is 0 Å². The molecule has 0 aliphatic rings. The summed E-state index contributed by atoms with van der Waals surface area (Å²) in [6, 6.07) is 5.96. The van der Waals surface area contributed by atoms with Crippen molar-refractivity contribution in [1.29, 1.82) is 0 Å². The van der Waals surface area contributed by atoms with Crippen molar-refractivity contribution in [3.05, 3.63) is 24.3 Å². The molecule has 0 radical (unpaired) electrons. The Kier molecular flexibility index (Phi) is 4.86. The van der Waals surface area contributed by atoms with Gasteiger partial charge in [-0.2, -0.15) is 0 Å². The first kappa shape index (κ1) is 14.7. The topological polar surface area (TPSA) is 83.5 Å². The average Bonchev–Trinajstić information content (AvgIpc) is 2.26. The van der Waals surface area contributed by atoms with E-state index in [0.29, 0.717) is 12.1 Å². The Morgan fingerprint density at radius 1 is 1.33 bits per heavy atom. The van der Waals surface area contributed by atoms with Crippen molar-refractivity contribution < 1.29 is 18.3 Å². The molecule has 0 aromatic heterocycles. The van der Waals surface area contributed by atoms with E-state index in [4.69, 9.17) is 5.11 Å². The van der Waals surface area contributed by atoms with Gasteiger partial charge >= 0.3 is 0 Å². The molecule has 100 valence electrons. The summed E-state index contributed by atoms with van der Waals surface area (Å²) in [7, 11) is -3.22. The predicted molar refractivity (Wildman–Crippen MR) is 69.1 cm³/mol. The summed E-state index contributed by atoms with van der Waals surface area (Å²) < 4.78 is 22.5. The van der Waals surface area contributed by atoms with Gasteiger partial charge in [0.1, 0.15) is 0 Å². The number of nitrogens with one attached hydrogen (secondary N) is 1. The fraction of sp³-hybridized carbons (Fsp3) is 0.417. The molecule has 1 aromatic rings. The number of hydrogen-bond donors (Lipinski definition) is 2. The van der Waals surface area contributed by atoms with Gasteiger partial charge in [0.05, 0.1) is 11.0 Å². The summed E-state index contributed by atoms with van der Waals surface area (Å²) in [4.78, 5) is 11.7. The average molecular weight is 271 g/mol. The van der Waals surface area contributed by atoms with Crippen LogP contribution >= 0.6 is 0 Å². The van der Waals surface area contributed by atoms with E-state index in [-0.39, 0.29) is 17.2 Å². The third kappa shape index (κ3) is 4.85. The molecule has 0 aliphatic heterocycles. The Morgan fingerprint density at radius 3 is 2.33 bits per heavy atom. The zero-order valence-corrected chi connectivity index (χ0v) is 11.2. The van der Waals surface area contributed by atoms with Crippen LogP contribution in [0, 0.1) is 0 Å². The van der Waals surface area contributed by atoms with Crippen molar-refractivity contribution in [3.63, 3.8) is 0 Å². The van der Waals surface area contributed by atoms with Crippen molar-refractivity contribution >= 4 is 21.4 Å². The monoisotopic (exact) mass is 271 g/mol. The van der Waals surface area contributed by atoms with Gasteiger partial charge in [-0.1, -0.05) is 0 Å². The maximum Gasteiger partial charge on any atom is 0.224 e. The van der Waals surface area contributed by atoms with Crippen LogP contribution in [0.4, 0.5) is 5.69 Å². The Morgan fingerprint density at radius 2 is 1.89 bits per heavy atom. The Balaban J connectivity index is 2.62. The lowest BCUT2D eigenvalue weighted by atomic mass is 10.2. The molecule has 6 heteroatoms. The van der Waals surface area contributed by atoms with Crippen LogP contribution in [0.2, 0.25) is 0 Å². The Labute approximate surface area is 107 Å². The summed E-state index contributed by atoms with van der Waals surface area (Å²) in [5.41, 5.74) is 0.540. The van der Waals surface area contributed by atoms with E-state index < -0.39 is 15.9 Å². The van der Waals surface area contributed by atoms with E-state index in [1.54, 1.807) is 6.92 Å². The number of aliphatic hydroxyl groups excluding tert-OH is 1. The molecule has 5 nitrogen and oxygen atoms in total. The SMILES string of the molecule is CC(O)CCC(=O)Nc1ccc(S(C)(=O)=O)cc1. The van der Waals surface area contributed by atoms with E-state index in [1.165, 1.54) is 24.3 Å². The van der Waals surface area contributed by atoms with Gasteiger partial charge in [-0.05, 0) is 37.6 Å². The van der Waals surface area contributed by atoms with Gasteiger partial charge in [0.25, 0.3) is 0 Å². The summed E-state index contributed by atoms with van der Waals surface area (Å²) in [6.45, 7) is 1.62. The smallest absolute Gasteiger partial charge is 0.224 e. The summed E-state index contributed by atoms with van der Waals surface area (Å²) in [5, 5.41) is 11.7. The van der Waals surface area contributed by atoms with Crippen molar-refractivity contribution in [3.8, 4) is 0 Å². The minimum absolute atomic E-state index is 0.206. The highest BCUT2D eigenvalue weighted by Crippen LogP contribution is 2.14. The van der Waals surface area contributed by atoms with Gasteiger partial charge in [0.2, 0.25) is 5.91 Å². The van der Waals surface area contributed by atoms with E-state index in [2.05, 4.69) is 5.32 Å². The first-order valence-corrected chi connectivity index (χ1v) is 7.46. The molecule has 0 bridgehead atoms. The Hall–Kier alpha value is -1.40. The zero-order chi connectivity index (χ0) is 13.8. The molecule has 0 spiro atoms. The zero-order valence-electron chi connectivity index (χ0n) is 10.4. The standard InChI is InChI=1S/C12H17NO4S/c1-9(14)3-8-12(15)13-10-4-6-11(7-5-10)18(2,16)17/h4-7,9,14H,3,8H2,1-2H3,(H,13,15). The highest BCUT2D eigenvalue weighted by molar-refractivity contribution is 7.90. The van der Waals surface area contributed by atoms with Crippen LogP contribution in [0.3, 0.4) is 0 Å². The van der Waals surface area contributed by atoms with Crippen LogP contribution < -0.4 is 5.32 Å². The minimum atomic E-state index is -3.22. The van der Waals surface area contributed by atoms with Gasteiger partial charge in [0.15, 0.2) is 9.84 Å². The highest BCUT2D eigenvalue weighted by Gasteiger charge is 2.08. The van der Waals surface area contributed by atoms with Gasteiger partial charge < -0.3 is 10.4 Å². The van der Waals surface area contributed by atoms with Crippen LogP contribution in [0.5, 0.6) is 0 Å². The molecule has 1 amide bonds. The molecule has 0 saturated heterocycles. The lowest BCUT2D eigenvalue weighted by Crippen LogP contribution is -2.14. The van der Waals surface area contributed by atoms with Crippen molar-refractivity contribution in [2.75, 3.05) is 11.6 Å². The largest absolute Gasteiger partial charge is 0.393 e. The maximum atomic E-state index is 11.5. The summed E-state index contributed by atoms with van der Waals surface area (Å²) in [6.07, 6.45) is 1.24. The predicted octanol–water partition coefficient (Wildman–Crippen LogP) is 1.19. The number of benzene rings is 1. The van der Waals surface area contributed by atoms with Crippen LogP contribution in [0.15, 0.2) is 29.2 Å². The molecule has 1 rings (SSSR count). The fourth-order valence-electron chi connectivity index (χ4n) is 1.35. The lowest BCUT2D eigenvalue weighted by molar-refractivity contribution is -0.116. The molecule has 0 saturated carbocycles. The number of rotatable bonds is 5. The van der Waals surface area contributed by atoms with E-state index >= 15 is 0 Å². The van der Waals surface area contributed by atoms with Gasteiger partial charge in [-0.3, -0.25) is 4.79 Å². The Bertz CT molecular complexity index is 505. The minimum Gasteiger partial charge on any atom is -0.393 e. The molecule has 1 atom stereocenters. The van der Waals surface area contributed by atoms with E-state index in [0.717, 1.165) is 6.26 Å². The highest BCUT2D eigenvalue weighted by atomic mass is 32.2. The normalized spacial score (nSPS) is 13.1. The first-order chi connectivity index (χ1) is 8.29. The number of amides is 1. The fourth-order valence-corrected chi connectivity index (χ4v) is 1.98.